The molecule has 2 aliphatic carbocycles. The van der Waals surface area contributed by atoms with Crippen LogP contribution in [0, 0.1) is 10.8 Å². The standard InChI is InChI=1S/C19H26O7/c1-10-5-6-18(8-23-11(2)20)13(7-10)26-16-14(22)15(25-12(3)21)17(18,4)19(16)9-24-19/h7,13-16,22H,5-6,8-9H2,1-4H3/t13-,14-,15-,16-,17?,18-,19?/m1/s1. The van der Waals surface area contributed by atoms with E-state index in [-0.39, 0.29) is 18.7 Å². The Morgan fingerprint density at radius 1 is 1.35 bits per heavy atom. The molecule has 3 fully saturated rings. The van der Waals surface area contributed by atoms with E-state index in [2.05, 4.69) is 6.08 Å². The molecule has 1 spiro atoms. The van der Waals surface area contributed by atoms with Gasteiger partial charge in [-0.3, -0.25) is 9.59 Å². The highest BCUT2D eigenvalue weighted by molar-refractivity contribution is 5.67. The van der Waals surface area contributed by atoms with Crippen molar-refractivity contribution in [2.75, 3.05) is 13.2 Å². The Morgan fingerprint density at radius 3 is 2.62 bits per heavy atom. The highest BCUT2D eigenvalue weighted by atomic mass is 16.7. The molecule has 2 unspecified atom stereocenters. The minimum absolute atomic E-state index is 0.135. The zero-order valence-electron chi connectivity index (χ0n) is 15.6. The van der Waals surface area contributed by atoms with Gasteiger partial charge >= 0.3 is 11.9 Å². The van der Waals surface area contributed by atoms with Crippen molar-refractivity contribution >= 4 is 11.9 Å². The Bertz CT molecular complexity index is 681. The predicted molar refractivity (Wildman–Crippen MR) is 89.1 cm³/mol. The average molecular weight is 366 g/mol. The highest BCUT2D eigenvalue weighted by Crippen LogP contribution is 2.72. The van der Waals surface area contributed by atoms with Crippen LogP contribution in [-0.2, 0) is 28.5 Å². The number of rotatable bonds is 3. The summed E-state index contributed by atoms with van der Waals surface area (Å²) in [4.78, 5) is 23.4. The van der Waals surface area contributed by atoms with Crippen LogP contribution in [0.1, 0.15) is 40.5 Å². The van der Waals surface area contributed by atoms with Gasteiger partial charge in [-0.25, -0.2) is 0 Å². The van der Waals surface area contributed by atoms with Gasteiger partial charge in [-0.1, -0.05) is 18.6 Å². The third-order valence-corrected chi connectivity index (χ3v) is 7.08. The second-order valence-corrected chi connectivity index (χ2v) is 8.33. The molecule has 0 aromatic carbocycles. The molecule has 2 aliphatic heterocycles. The molecular formula is C19H26O7. The van der Waals surface area contributed by atoms with E-state index >= 15 is 0 Å². The summed E-state index contributed by atoms with van der Waals surface area (Å²) in [5.74, 6) is -0.830. The van der Waals surface area contributed by atoms with Crippen molar-refractivity contribution in [1.29, 1.82) is 0 Å². The van der Waals surface area contributed by atoms with Gasteiger partial charge in [0.15, 0.2) is 0 Å². The summed E-state index contributed by atoms with van der Waals surface area (Å²) in [5, 5.41) is 10.9. The molecule has 7 heteroatoms. The Balaban J connectivity index is 1.86. The highest BCUT2D eigenvalue weighted by Gasteiger charge is 2.85. The normalized spacial score (nSPS) is 48.6. The van der Waals surface area contributed by atoms with Crippen LogP contribution in [0.15, 0.2) is 11.6 Å². The Hall–Kier alpha value is -1.44. The van der Waals surface area contributed by atoms with Crippen LogP contribution in [0.3, 0.4) is 0 Å². The molecule has 0 aromatic rings. The van der Waals surface area contributed by atoms with Crippen molar-refractivity contribution < 1.29 is 33.6 Å². The second-order valence-electron chi connectivity index (χ2n) is 8.33. The molecule has 1 saturated carbocycles. The lowest BCUT2D eigenvalue weighted by molar-refractivity contribution is -0.233. The maximum Gasteiger partial charge on any atom is 0.303 e. The average Bonchev–Trinajstić information content (AvgIpc) is 3.34. The zero-order valence-corrected chi connectivity index (χ0v) is 15.6. The Kier molecular flexibility index (Phi) is 3.82. The summed E-state index contributed by atoms with van der Waals surface area (Å²) < 4.78 is 23.3. The summed E-state index contributed by atoms with van der Waals surface area (Å²) >= 11 is 0. The number of hydrogen-bond donors (Lipinski definition) is 1. The molecule has 0 amide bonds. The molecule has 0 aromatic heterocycles. The summed E-state index contributed by atoms with van der Waals surface area (Å²) in [6.07, 6.45) is 0.896. The number of aliphatic hydroxyl groups is 1. The zero-order chi connectivity index (χ0) is 18.9. The number of allylic oxidation sites excluding steroid dienone is 1. The van der Waals surface area contributed by atoms with E-state index in [1.165, 1.54) is 19.4 Å². The van der Waals surface area contributed by atoms with Crippen molar-refractivity contribution in [1.82, 2.24) is 0 Å². The van der Waals surface area contributed by atoms with Gasteiger partial charge in [0.05, 0.1) is 18.1 Å². The SMILES string of the molecule is CC(=O)OC[C@]12CCC(C)=C[C@H]1O[C@@H]1[C@H](O)[C@@H](OC(C)=O)C2(C)C12CO2. The smallest absolute Gasteiger partial charge is 0.303 e. The second kappa shape index (κ2) is 5.53. The van der Waals surface area contributed by atoms with Crippen LogP contribution in [0.25, 0.3) is 0 Å². The van der Waals surface area contributed by atoms with Gasteiger partial charge in [0.25, 0.3) is 0 Å². The van der Waals surface area contributed by atoms with Crippen LogP contribution in [0.4, 0.5) is 0 Å². The number of ether oxygens (including phenoxy) is 4. The molecule has 144 valence electrons. The van der Waals surface area contributed by atoms with Crippen molar-refractivity contribution in [3.05, 3.63) is 11.6 Å². The summed E-state index contributed by atoms with van der Waals surface area (Å²) in [6.45, 7) is 7.31. The summed E-state index contributed by atoms with van der Waals surface area (Å²) in [7, 11) is 0. The van der Waals surface area contributed by atoms with E-state index in [9.17, 15) is 14.7 Å². The third kappa shape index (κ3) is 2.05. The van der Waals surface area contributed by atoms with Crippen LogP contribution >= 0.6 is 0 Å². The van der Waals surface area contributed by atoms with Crippen LogP contribution < -0.4 is 0 Å². The fraction of sp³-hybridized carbons (Fsp3) is 0.789. The lowest BCUT2D eigenvalue weighted by atomic mass is 9.51. The molecule has 7 nitrogen and oxygen atoms in total. The van der Waals surface area contributed by atoms with E-state index in [4.69, 9.17) is 18.9 Å². The van der Waals surface area contributed by atoms with E-state index in [1.54, 1.807) is 0 Å². The number of carbonyl (C=O) groups is 2. The van der Waals surface area contributed by atoms with Crippen molar-refractivity contribution in [2.24, 2.45) is 10.8 Å². The number of hydrogen-bond acceptors (Lipinski definition) is 7. The van der Waals surface area contributed by atoms with Crippen LogP contribution in [0.5, 0.6) is 0 Å². The van der Waals surface area contributed by atoms with E-state index in [0.29, 0.717) is 13.0 Å². The summed E-state index contributed by atoms with van der Waals surface area (Å²) in [5.41, 5.74) is -0.890. The molecule has 1 N–H and O–H groups in total. The number of epoxide rings is 1. The monoisotopic (exact) mass is 366 g/mol. The van der Waals surface area contributed by atoms with E-state index in [1.807, 2.05) is 13.8 Å². The van der Waals surface area contributed by atoms with Gasteiger partial charge in [0.1, 0.15) is 30.5 Å². The largest absolute Gasteiger partial charge is 0.465 e. The summed E-state index contributed by atoms with van der Waals surface area (Å²) in [6, 6.07) is 0. The molecule has 4 rings (SSSR count). The first-order chi connectivity index (χ1) is 12.2. The predicted octanol–water partition coefficient (Wildman–Crippen LogP) is 1.12. The maximum absolute atomic E-state index is 11.8. The van der Waals surface area contributed by atoms with Crippen molar-refractivity contribution in [3.8, 4) is 0 Å². The van der Waals surface area contributed by atoms with Crippen LogP contribution in [-0.4, -0.2) is 60.3 Å². The number of fused-ring (bicyclic) bond motifs is 2. The molecular weight excluding hydrogens is 340 g/mol. The quantitative estimate of drug-likeness (QED) is 0.454. The van der Waals surface area contributed by atoms with Gasteiger partial charge in [-0.2, -0.15) is 0 Å². The Labute approximate surface area is 152 Å². The number of aliphatic hydroxyl groups excluding tert-OH is 1. The first-order valence-electron chi connectivity index (χ1n) is 9.13. The minimum atomic E-state index is -0.986. The first-order valence-corrected chi connectivity index (χ1v) is 9.13. The molecule has 4 aliphatic rings. The van der Waals surface area contributed by atoms with Crippen molar-refractivity contribution in [2.45, 2.75) is 70.6 Å². The topological polar surface area (TPSA) is 94.6 Å². The Morgan fingerprint density at radius 2 is 2.04 bits per heavy atom. The minimum Gasteiger partial charge on any atom is -0.465 e. The number of esters is 2. The van der Waals surface area contributed by atoms with Gasteiger partial charge in [0, 0.05) is 19.3 Å². The third-order valence-electron chi connectivity index (χ3n) is 7.08. The number of carbonyl (C=O) groups excluding carboxylic acids is 2. The van der Waals surface area contributed by atoms with Gasteiger partial charge in [-0.15, -0.1) is 0 Å². The molecule has 7 atom stereocenters. The lowest BCUT2D eigenvalue weighted by Crippen LogP contribution is -2.66. The van der Waals surface area contributed by atoms with Crippen molar-refractivity contribution in [3.63, 3.8) is 0 Å². The molecule has 2 heterocycles. The molecule has 0 radical (unpaired) electrons. The molecule has 2 bridgehead atoms. The van der Waals surface area contributed by atoms with Gasteiger partial charge < -0.3 is 24.1 Å². The first kappa shape index (κ1) is 17.9. The van der Waals surface area contributed by atoms with Gasteiger partial charge in [0.2, 0.25) is 0 Å². The van der Waals surface area contributed by atoms with E-state index < -0.39 is 40.7 Å². The fourth-order valence-electron chi connectivity index (χ4n) is 5.60. The lowest BCUT2D eigenvalue weighted by Gasteiger charge is -2.58. The van der Waals surface area contributed by atoms with E-state index in [0.717, 1.165) is 6.42 Å². The fourth-order valence-corrected chi connectivity index (χ4v) is 5.60. The molecule has 2 saturated heterocycles. The van der Waals surface area contributed by atoms with Crippen LogP contribution in [0.2, 0.25) is 0 Å². The van der Waals surface area contributed by atoms with Gasteiger partial charge in [-0.05, 0) is 19.8 Å². The molecule has 26 heavy (non-hydrogen) atoms. The maximum atomic E-state index is 11.8.